The van der Waals surface area contributed by atoms with Crippen molar-refractivity contribution in [1.82, 2.24) is 0 Å². The highest BCUT2D eigenvalue weighted by Crippen LogP contribution is 2.26. The van der Waals surface area contributed by atoms with Crippen molar-refractivity contribution in [2.75, 3.05) is 17.2 Å². The Balaban J connectivity index is 1.41. The molecule has 0 radical (unpaired) electrons. The van der Waals surface area contributed by atoms with Crippen LogP contribution in [0.4, 0.5) is 11.4 Å². The van der Waals surface area contributed by atoms with E-state index in [0.29, 0.717) is 25.9 Å². The molecule has 1 heterocycles. The van der Waals surface area contributed by atoms with E-state index in [-0.39, 0.29) is 11.8 Å². The first-order valence-electron chi connectivity index (χ1n) is 8.52. The van der Waals surface area contributed by atoms with Crippen LogP contribution in [0, 0.1) is 6.92 Å². The van der Waals surface area contributed by atoms with Crippen LogP contribution in [0.1, 0.15) is 30.4 Å². The van der Waals surface area contributed by atoms with E-state index in [4.69, 9.17) is 4.74 Å². The van der Waals surface area contributed by atoms with E-state index in [1.807, 2.05) is 49.4 Å². The lowest BCUT2D eigenvalue weighted by atomic mass is 10.0. The standard InChI is InChI=1S/C20H22N2O3/c1-14-4-7-16(8-5-14)21-19(23)3-2-12-25-17-9-10-18-15(13-17)6-11-20(24)22-18/h4-5,7-10,13H,2-3,6,11-12H2,1H3,(H,21,23)(H,22,24). The maximum atomic E-state index is 11.9. The number of aryl methyl sites for hydroxylation is 2. The van der Waals surface area contributed by atoms with Crippen LogP contribution in [0.2, 0.25) is 0 Å². The molecule has 2 amide bonds. The summed E-state index contributed by atoms with van der Waals surface area (Å²) in [6, 6.07) is 13.4. The molecule has 5 heteroatoms. The van der Waals surface area contributed by atoms with Gasteiger partial charge in [-0.1, -0.05) is 17.7 Å². The van der Waals surface area contributed by atoms with Crippen molar-refractivity contribution in [2.45, 2.75) is 32.6 Å². The molecule has 2 aromatic carbocycles. The molecule has 1 aliphatic heterocycles. The van der Waals surface area contributed by atoms with E-state index in [1.165, 1.54) is 0 Å². The Labute approximate surface area is 147 Å². The molecule has 0 unspecified atom stereocenters. The Hall–Kier alpha value is -2.82. The van der Waals surface area contributed by atoms with Crippen molar-refractivity contribution in [3.05, 3.63) is 53.6 Å². The van der Waals surface area contributed by atoms with E-state index in [9.17, 15) is 9.59 Å². The van der Waals surface area contributed by atoms with Crippen molar-refractivity contribution in [3.63, 3.8) is 0 Å². The highest BCUT2D eigenvalue weighted by atomic mass is 16.5. The molecular formula is C20H22N2O3. The summed E-state index contributed by atoms with van der Waals surface area (Å²) < 4.78 is 5.72. The number of nitrogens with one attached hydrogen (secondary N) is 2. The van der Waals surface area contributed by atoms with Gasteiger partial charge in [-0.2, -0.15) is 0 Å². The average Bonchev–Trinajstić information content (AvgIpc) is 2.61. The first-order valence-corrected chi connectivity index (χ1v) is 8.52. The molecule has 1 aliphatic rings. The number of ether oxygens (including phenoxy) is 1. The zero-order valence-electron chi connectivity index (χ0n) is 14.3. The highest BCUT2D eigenvalue weighted by molar-refractivity contribution is 5.94. The van der Waals surface area contributed by atoms with Gasteiger partial charge in [0.05, 0.1) is 6.61 Å². The van der Waals surface area contributed by atoms with E-state index in [0.717, 1.165) is 34.7 Å². The summed E-state index contributed by atoms with van der Waals surface area (Å²) in [6.07, 6.45) is 2.30. The summed E-state index contributed by atoms with van der Waals surface area (Å²) in [4.78, 5) is 23.3. The second-order valence-corrected chi connectivity index (χ2v) is 6.23. The van der Waals surface area contributed by atoms with Gasteiger partial charge in [-0.15, -0.1) is 0 Å². The molecule has 2 aromatic rings. The van der Waals surface area contributed by atoms with Gasteiger partial charge in [-0.3, -0.25) is 9.59 Å². The fourth-order valence-corrected chi connectivity index (χ4v) is 2.73. The van der Waals surface area contributed by atoms with Crippen LogP contribution in [0.5, 0.6) is 5.75 Å². The number of carbonyl (C=O) groups is 2. The smallest absolute Gasteiger partial charge is 0.224 e. The van der Waals surface area contributed by atoms with Crippen molar-refractivity contribution >= 4 is 23.2 Å². The predicted molar refractivity (Wildman–Crippen MR) is 97.9 cm³/mol. The number of hydrogen-bond acceptors (Lipinski definition) is 3. The van der Waals surface area contributed by atoms with E-state index < -0.39 is 0 Å². The Morgan fingerprint density at radius 3 is 2.76 bits per heavy atom. The third-order valence-electron chi connectivity index (χ3n) is 4.12. The Bertz CT molecular complexity index is 769. The molecule has 2 N–H and O–H groups in total. The lowest BCUT2D eigenvalue weighted by Crippen LogP contribution is -2.18. The molecule has 25 heavy (non-hydrogen) atoms. The van der Waals surface area contributed by atoms with Crippen LogP contribution >= 0.6 is 0 Å². The lowest BCUT2D eigenvalue weighted by Gasteiger charge is -2.17. The summed E-state index contributed by atoms with van der Waals surface area (Å²) in [5.41, 5.74) is 3.93. The lowest BCUT2D eigenvalue weighted by molar-refractivity contribution is -0.117. The van der Waals surface area contributed by atoms with Crippen LogP contribution in [-0.2, 0) is 16.0 Å². The molecule has 0 bridgehead atoms. The first kappa shape index (κ1) is 17.0. The number of carbonyl (C=O) groups excluding carboxylic acids is 2. The van der Waals surface area contributed by atoms with Gasteiger partial charge in [0.1, 0.15) is 5.75 Å². The average molecular weight is 338 g/mol. The molecule has 0 atom stereocenters. The first-order chi connectivity index (χ1) is 12.1. The fourth-order valence-electron chi connectivity index (χ4n) is 2.73. The maximum absolute atomic E-state index is 11.9. The molecule has 5 nitrogen and oxygen atoms in total. The van der Waals surface area contributed by atoms with Gasteiger partial charge >= 0.3 is 0 Å². The van der Waals surface area contributed by atoms with Gasteiger partial charge in [0, 0.05) is 24.2 Å². The molecule has 0 aliphatic carbocycles. The van der Waals surface area contributed by atoms with Crippen molar-refractivity contribution < 1.29 is 14.3 Å². The Morgan fingerprint density at radius 1 is 1.16 bits per heavy atom. The Kier molecular flexibility index (Phi) is 5.33. The predicted octanol–water partition coefficient (Wildman–Crippen LogP) is 3.68. The molecule has 0 fully saturated rings. The highest BCUT2D eigenvalue weighted by Gasteiger charge is 2.15. The largest absolute Gasteiger partial charge is 0.494 e. The normalized spacial score (nSPS) is 12.9. The number of rotatable bonds is 6. The van der Waals surface area contributed by atoms with Crippen molar-refractivity contribution in [1.29, 1.82) is 0 Å². The Morgan fingerprint density at radius 2 is 1.96 bits per heavy atom. The molecule has 0 saturated heterocycles. The van der Waals surface area contributed by atoms with Crippen LogP contribution in [0.15, 0.2) is 42.5 Å². The summed E-state index contributed by atoms with van der Waals surface area (Å²) in [5.74, 6) is 0.815. The van der Waals surface area contributed by atoms with Gasteiger partial charge in [0.25, 0.3) is 0 Å². The minimum absolute atomic E-state index is 0.0133. The van der Waals surface area contributed by atoms with Gasteiger partial charge in [0.2, 0.25) is 11.8 Å². The molecular weight excluding hydrogens is 316 g/mol. The van der Waals surface area contributed by atoms with Crippen LogP contribution < -0.4 is 15.4 Å². The minimum atomic E-state index is -0.0133. The molecule has 130 valence electrons. The van der Waals surface area contributed by atoms with Crippen molar-refractivity contribution in [2.24, 2.45) is 0 Å². The summed E-state index contributed by atoms with van der Waals surface area (Å²) >= 11 is 0. The summed E-state index contributed by atoms with van der Waals surface area (Å²) in [6.45, 7) is 2.49. The third kappa shape index (κ3) is 4.83. The number of fused-ring (bicyclic) bond motifs is 1. The number of amides is 2. The van der Waals surface area contributed by atoms with E-state index >= 15 is 0 Å². The summed E-state index contributed by atoms with van der Waals surface area (Å²) in [5, 5.41) is 5.73. The second-order valence-electron chi connectivity index (χ2n) is 6.23. The van der Waals surface area contributed by atoms with Crippen LogP contribution in [0.3, 0.4) is 0 Å². The minimum Gasteiger partial charge on any atom is -0.494 e. The monoisotopic (exact) mass is 338 g/mol. The molecule has 0 saturated carbocycles. The summed E-state index contributed by atoms with van der Waals surface area (Å²) in [7, 11) is 0. The maximum Gasteiger partial charge on any atom is 0.224 e. The van der Waals surface area contributed by atoms with Gasteiger partial charge in [0.15, 0.2) is 0 Å². The zero-order chi connectivity index (χ0) is 17.6. The van der Waals surface area contributed by atoms with Crippen LogP contribution in [0.25, 0.3) is 0 Å². The second kappa shape index (κ2) is 7.83. The van der Waals surface area contributed by atoms with Gasteiger partial charge in [-0.25, -0.2) is 0 Å². The number of anilines is 2. The topological polar surface area (TPSA) is 67.4 Å². The van der Waals surface area contributed by atoms with Crippen LogP contribution in [-0.4, -0.2) is 18.4 Å². The number of benzene rings is 2. The van der Waals surface area contributed by atoms with Gasteiger partial charge in [-0.05, 0) is 55.7 Å². The number of hydrogen-bond donors (Lipinski definition) is 2. The molecule has 3 rings (SSSR count). The van der Waals surface area contributed by atoms with E-state index in [1.54, 1.807) is 0 Å². The third-order valence-corrected chi connectivity index (χ3v) is 4.12. The molecule has 0 spiro atoms. The van der Waals surface area contributed by atoms with Gasteiger partial charge < -0.3 is 15.4 Å². The van der Waals surface area contributed by atoms with Crippen molar-refractivity contribution in [3.8, 4) is 5.75 Å². The zero-order valence-corrected chi connectivity index (χ0v) is 14.3. The van der Waals surface area contributed by atoms with E-state index in [2.05, 4.69) is 10.6 Å². The fraction of sp³-hybridized carbons (Fsp3) is 0.300. The quantitative estimate of drug-likeness (QED) is 0.790. The SMILES string of the molecule is Cc1ccc(NC(=O)CCCOc2ccc3c(c2)CCC(=O)N3)cc1. The molecule has 0 aromatic heterocycles.